The summed E-state index contributed by atoms with van der Waals surface area (Å²) in [6, 6.07) is 13.4. The van der Waals surface area contributed by atoms with E-state index in [0.29, 0.717) is 30.4 Å². The lowest BCUT2D eigenvalue weighted by molar-refractivity contribution is -0.153. The standard InChI is InChI=1S/C33H38F3NO5S/c1-21-16-22(2)30(23(3)17-21)43(39,40)37(20-28-14-15-29(42-28)33(34,35)36)19-24-10-12-25(13-11-24)26-8-7-9-27(18-26)32(4,5)31(38)41-6/h7-9,12,14-18,24H,10-11,13,19-20H2,1-6H3. The maximum absolute atomic E-state index is 14.1. The Morgan fingerprint density at radius 1 is 1.05 bits per heavy atom. The maximum Gasteiger partial charge on any atom is 0.449 e. The van der Waals surface area contributed by atoms with Gasteiger partial charge in [0.15, 0.2) is 0 Å². The van der Waals surface area contributed by atoms with Gasteiger partial charge in [-0.3, -0.25) is 4.79 Å². The molecule has 0 bridgehead atoms. The number of carbonyl (C=O) groups excluding carboxylic acids is 1. The van der Waals surface area contributed by atoms with Gasteiger partial charge in [0.2, 0.25) is 15.8 Å². The fourth-order valence-electron chi connectivity index (χ4n) is 5.82. The minimum absolute atomic E-state index is 0.0590. The van der Waals surface area contributed by atoms with Gasteiger partial charge in [-0.1, -0.05) is 48.0 Å². The van der Waals surface area contributed by atoms with Crippen molar-refractivity contribution in [2.24, 2.45) is 5.92 Å². The number of furan rings is 1. The van der Waals surface area contributed by atoms with Crippen LogP contribution in [0.4, 0.5) is 13.2 Å². The highest BCUT2D eigenvalue weighted by Crippen LogP contribution is 2.36. The lowest BCUT2D eigenvalue weighted by Crippen LogP contribution is -2.36. The van der Waals surface area contributed by atoms with Crippen LogP contribution in [0, 0.1) is 26.7 Å². The molecule has 0 radical (unpaired) electrons. The second-order valence-electron chi connectivity index (χ2n) is 11.9. The second kappa shape index (κ2) is 12.3. The van der Waals surface area contributed by atoms with E-state index in [2.05, 4.69) is 6.08 Å². The first-order valence-corrected chi connectivity index (χ1v) is 15.6. The summed E-state index contributed by atoms with van der Waals surface area (Å²) in [6.07, 6.45) is -0.632. The van der Waals surface area contributed by atoms with Crippen molar-refractivity contribution in [2.45, 2.75) is 76.9 Å². The monoisotopic (exact) mass is 617 g/mol. The molecule has 1 aliphatic rings. The van der Waals surface area contributed by atoms with E-state index in [-0.39, 0.29) is 35.6 Å². The average molecular weight is 618 g/mol. The molecular formula is C33H38F3NO5S. The van der Waals surface area contributed by atoms with Gasteiger partial charge in [0.25, 0.3) is 0 Å². The minimum atomic E-state index is -4.67. The number of hydrogen-bond acceptors (Lipinski definition) is 5. The molecule has 0 saturated heterocycles. The van der Waals surface area contributed by atoms with Gasteiger partial charge in [0.05, 0.1) is 24.0 Å². The van der Waals surface area contributed by atoms with Crippen LogP contribution in [0.5, 0.6) is 0 Å². The van der Waals surface area contributed by atoms with Crippen molar-refractivity contribution in [1.29, 1.82) is 0 Å². The molecule has 0 saturated carbocycles. The molecule has 4 rings (SSSR count). The quantitative estimate of drug-likeness (QED) is 0.230. The summed E-state index contributed by atoms with van der Waals surface area (Å²) < 4.78 is 79.1. The van der Waals surface area contributed by atoms with Gasteiger partial charge in [0.1, 0.15) is 5.76 Å². The van der Waals surface area contributed by atoms with E-state index in [1.807, 2.05) is 45.0 Å². The van der Waals surface area contributed by atoms with Crippen molar-refractivity contribution >= 4 is 21.6 Å². The number of hydrogen-bond donors (Lipinski definition) is 0. The molecule has 6 nitrogen and oxygen atoms in total. The number of halogens is 3. The number of rotatable bonds is 9. The summed E-state index contributed by atoms with van der Waals surface area (Å²) in [4.78, 5) is 12.5. The fourth-order valence-corrected chi connectivity index (χ4v) is 7.72. The molecule has 1 atom stereocenters. The number of nitrogens with zero attached hydrogens (tertiary/aromatic N) is 1. The van der Waals surface area contributed by atoms with Crippen LogP contribution < -0.4 is 0 Å². The molecule has 1 aromatic heterocycles. The van der Waals surface area contributed by atoms with Crippen molar-refractivity contribution in [3.05, 3.63) is 93.9 Å². The lowest BCUT2D eigenvalue weighted by Gasteiger charge is -2.30. The van der Waals surface area contributed by atoms with E-state index in [4.69, 9.17) is 9.15 Å². The number of sulfonamides is 1. The molecule has 0 fully saturated rings. The summed E-state index contributed by atoms with van der Waals surface area (Å²) in [5, 5.41) is 0. The molecule has 0 amide bonds. The summed E-state index contributed by atoms with van der Waals surface area (Å²) in [5.74, 6) is -1.63. The number of allylic oxidation sites excluding steroid dienone is 2. The molecule has 1 aliphatic carbocycles. The van der Waals surface area contributed by atoms with Gasteiger partial charge in [0, 0.05) is 6.54 Å². The van der Waals surface area contributed by atoms with Gasteiger partial charge in [-0.2, -0.15) is 17.5 Å². The van der Waals surface area contributed by atoms with Crippen LogP contribution in [0.3, 0.4) is 0 Å². The Hall–Kier alpha value is -3.37. The largest absolute Gasteiger partial charge is 0.468 e. The molecule has 1 heterocycles. The smallest absolute Gasteiger partial charge is 0.449 e. The van der Waals surface area contributed by atoms with Gasteiger partial charge in [-0.05, 0) is 99.8 Å². The Morgan fingerprint density at radius 2 is 1.72 bits per heavy atom. The van der Waals surface area contributed by atoms with E-state index < -0.39 is 27.4 Å². The molecular weight excluding hydrogens is 579 g/mol. The summed E-state index contributed by atoms with van der Waals surface area (Å²) >= 11 is 0. The zero-order valence-electron chi connectivity index (χ0n) is 25.3. The maximum atomic E-state index is 14.1. The third-order valence-electron chi connectivity index (χ3n) is 8.11. The van der Waals surface area contributed by atoms with Gasteiger partial charge in [-0.25, -0.2) is 8.42 Å². The van der Waals surface area contributed by atoms with Crippen LogP contribution in [0.25, 0.3) is 5.57 Å². The fraction of sp³-hybridized carbons (Fsp3) is 0.424. The highest BCUT2D eigenvalue weighted by Gasteiger charge is 2.37. The number of ether oxygens (including phenoxy) is 1. The van der Waals surface area contributed by atoms with Crippen molar-refractivity contribution in [3.63, 3.8) is 0 Å². The number of benzene rings is 2. The Balaban J connectivity index is 1.61. The van der Waals surface area contributed by atoms with Crippen LogP contribution >= 0.6 is 0 Å². The minimum Gasteiger partial charge on any atom is -0.468 e. The predicted molar refractivity (Wildman–Crippen MR) is 159 cm³/mol. The predicted octanol–water partition coefficient (Wildman–Crippen LogP) is 7.75. The van der Waals surface area contributed by atoms with Crippen LogP contribution in [-0.4, -0.2) is 32.3 Å². The van der Waals surface area contributed by atoms with Crippen molar-refractivity contribution in [1.82, 2.24) is 4.31 Å². The van der Waals surface area contributed by atoms with E-state index in [1.54, 1.807) is 26.0 Å². The van der Waals surface area contributed by atoms with Crippen molar-refractivity contribution in [2.75, 3.05) is 13.7 Å². The first-order chi connectivity index (χ1) is 20.0. The van der Waals surface area contributed by atoms with Gasteiger partial charge >= 0.3 is 12.1 Å². The van der Waals surface area contributed by atoms with Crippen LogP contribution in [0.15, 0.2) is 63.9 Å². The Kier molecular flexibility index (Phi) is 9.32. The average Bonchev–Trinajstić information content (AvgIpc) is 3.41. The number of aryl methyl sites for hydroxylation is 3. The molecule has 10 heteroatoms. The molecule has 2 aromatic carbocycles. The lowest BCUT2D eigenvalue weighted by atomic mass is 9.81. The third-order valence-corrected chi connectivity index (χ3v) is 10.2. The number of methoxy groups -OCH3 is 1. The molecule has 0 spiro atoms. The summed E-state index contributed by atoms with van der Waals surface area (Å²) in [7, 11) is -2.71. The van der Waals surface area contributed by atoms with E-state index in [1.165, 1.54) is 17.5 Å². The van der Waals surface area contributed by atoms with Crippen molar-refractivity contribution < 1.29 is 35.5 Å². The van der Waals surface area contributed by atoms with Crippen LogP contribution in [0.1, 0.15) is 72.4 Å². The first kappa shape index (κ1) is 32.5. The molecule has 232 valence electrons. The van der Waals surface area contributed by atoms with Crippen molar-refractivity contribution in [3.8, 4) is 0 Å². The Morgan fingerprint density at radius 3 is 2.28 bits per heavy atom. The first-order valence-electron chi connectivity index (χ1n) is 14.2. The van der Waals surface area contributed by atoms with E-state index >= 15 is 0 Å². The zero-order chi connectivity index (χ0) is 31.7. The number of esters is 1. The van der Waals surface area contributed by atoms with Gasteiger partial charge in [-0.15, -0.1) is 0 Å². The van der Waals surface area contributed by atoms with Gasteiger partial charge < -0.3 is 9.15 Å². The number of alkyl halides is 3. The molecule has 0 N–H and O–H groups in total. The SMILES string of the molecule is COC(=O)C(C)(C)c1cccc(C2=CCC(CN(Cc3ccc(C(F)(F)F)o3)S(=O)(=O)c3c(C)cc(C)cc3C)CC2)c1. The normalized spacial score (nSPS) is 16.3. The highest BCUT2D eigenvalue weighted by atomic mass is 32.2. The highest BCUT2D eigenvalue weighted by molar-refractivity contribution is 7.89. The summed E-state index contributed by atoms with van der Waals surface area (Å²) in [5.41, 5.74) is 4.18. The van der Waals surface area contributed by atoms with E-state index in [9.17, 15) is 26.4 Å². The summed E-state index contributed by atoms with van der Waals surface area (Å²) in [6.45, 7) is 8.77. The molecule has 3 aromatic rings. The molecule has 1 unspecified atom stereocenters. The Labute approximate surface area is 251 Å². The molecule has 0 aliphatic heterocycles. The molecule has 43 heavy (non-hydrogen) atoms. The number of carbonyl (C=O) groups is 1. The zero-order valence-corrected chi connectivity index (χ0v) is 26.2. The van der Waals surface area contributed by atoms with E-state index in [0.717, 1.165) is 28.3 Å². The van der Waals surface area contributed by atoms with Crippen LogP contribution in [-0.2, 0) is 37.7 Å². The Bertz CT molecular complexity index is 1610. The second-order valence-corrected chi connectivity index (χ2v) is 13.7. The van der Waals surface area contributed by atoms with Crippen LogP contribution in [0.2, 0.25) is 0 Å². The topological polar surface area (TPSA) is 76.8 Å². The third kappa shape index (κ3) is 7.07.